The zero-order valence-corrected chi connectivity index (χ0v) is 10.7. The molecule has 1 aliphatic carbocycles. The van der Waals surface area contributed by atoms with E-state index in [-0.39, 0.29) is 16.8 Å². The van der Waals surface area contributed by atoms with Gasteiger partial charge in [-0.25, -0.2) is 8.42 Å². The van der Waals surface area contributed by atoms with Gasteiger partial charge >= 0.3 is 5.97 Å². The largest absolute Gasteiger partial charge is 0.469 e. The van der Waals surface area contributed by atoms with Crippen LogP contribution in [0.1, 0.15) is 11.1 Å². The van der Waals surface area contributed by atoms with Crippen LogP contribution in [0.3, 0.4) is 0 Å². The third kappa shape index (κ3) is 2.30. The van der Waals surface area contributed by atoms with E-state index >= 15 is 0 Å². The van der Waals surface area contributed by atoms with Gasteiger partial charge in [0.25, 0.3) is 9.05 Å². The van der Waals surface area contributed by atoms with Gasteiger partial charge in [0.05, 0.1) is 17.9 Å². The highest BCUT2D eigenvalue weighted by Gasteiger charge is 2.32. The van der Waals surface area contributed by atoms with Crippen molar-refractivity contribution in [1.82, 2.24) is 0 Å². The van der Waals surface area contributed by atoms with Crippen molar-refractivity contribution in [3.63, 3.8) is 0 Å². The summed E-state index contributed by atoms with van der Waals surface area (Å²) in [6.07, 6.45) is 0.867. The first kappa shape index (κ1) is 12.4. The fourth-order valence-electron chi connectivity index (χ4n) is 2.18. The van der Waals surface area contributed by atoms with Crippen LogP contribution in [0.5, 0.6) is 0 Å². The van der Waals surface area contributed by atoms with Gasteiger partial charge < -0.3 is 4.74 Å². The smallest absolute Gasteiger partial charge is 0.309 e. The molecule has 2 rings (SSSR count). The van der Waals surface area contributed by atoms with Crippen LogP contribution in [-0.2, 0) is 31.4 Å². The molecule has 0 bridgehead atoms. The average Bonchev–Trinajstić information content (AvgIpc) is 2.69. The molecule has 0 aromatic heterocycles. The van der Waals surface area contributed by atoms with Crippen LogP contribution in [0.4, 0.5) is 0 Å². The minimum Gasteiger partial charge on any atom is -0.469 e. The summed E-state index contributed by atoms with van der Waals surface area (Å²) >= 11 is 0. The standard InChI is InChI=1S/C11H11ClO4S/c1-16-11(13)8-5-7-3-2-4-10(9(7)6-8)17(12,14)15/h2-4,8H,5-6H2,1H3/t8-/m0/s1. The molecule has 0 radical (unpaired) electrons. The lowest BCUT2D eigenvalue weighted by molar-refractivity contribution is -0.145. The summed E-state index contributed by atoms with van der Waals surface area (Å²) in [5.74, 6) is -0.631. The van der Waals surface area contributed by atoms with Crippen molar-refractivity contribution in [3.05, 3.63) is 29.3 Å². The quantitative estimate of drug-likeness (QED) is 0.606. The summed E-state index contributed by atoms with van der Waals surface area (Å²) < 4.78 is 27.4. The van der Waals surface area contributed by atoms with Crippen molar-refractivity contribution < 1.29 is 17.9 Å². The topological polar surface area (TPSA) is 60.4 Å². The number of benzene rings is 1. The molecule has 0 saturated carbocycles. The van der Waals surface area contributed by atoms with Crippen LogP contribution in [0.2, 0.25) is 0 Å². The maximum absolute atomic E-state index is 11.4. The summed E-state index contributed by atoms with van der Waals surface area (Å²) in [4.78, 5) is 11.5. The van der Waals surface area contributed by atoms with Crippen molar-refractivity contribution in [2.75, 3.05) is 7.11 Å². The number of hydrogen-bond acceptors (Lipinski definition) is 4. The summed E-state index contributed by atoms with van der Waals surface area (Å²) in [6.45, 7) is 0. The van der Waals surface area contributed by atoms with E-state index in [0.717, 1.165) is 5.56 Å². The zero-order valence-electron chi connectivity index (χ0n) is 9.14. The van der Waals surface area contributed by atoms with Gasteiger partial charge in [-0.1, -0.05) is 12.1 Å². The Hall–Kier alpha value is -1.07. The number of methoxy groups -OCH3 is 1. The minimum atomic E-state index is -3.76. The second-order valence-corrected chi connectivity index (χ2v) is 6.49. The molecule has 0 amide bonds. The number of esters is 1. The monoisotopic (exact) mass is 274 g/mol. The predicted molar refractivity (Wildman–Crippen MR) is 62.4 cm³/mol. The number of carbonyl (C=O) groups is 1. The molecule has 4 nitrogen and oxygen atoms in total. The van der Waals surface area contributed by atoms with Gasteiger partial charge in [-0.05, 0) is 30.0 Å². The molecule has 1 aliphatic rings. The Bertz CT molecular complexity index is 565. The van der Waals surface area contributed by atoms with E-state index in [9.17, 15) is 13.2 Å². The number of fused-ring (bicyclic) bond motifs is 1. The first-order valence-electron chi connectivity index (χ1n) is 5.06. The lowest BCUT2D eigenvalue weighted by atomic mass is 10.1. The number of carbonyl (C=O) groups excluding carboxylic acids is 1. The Morgan fingerprint density at radius 1 is 1.41 bits per heavy atom. The Labute approximate surface area is 104 Å². The van der Waals surface area contributed by atoms with Crippen molar-refractivity contribution in [1.29, 1.82) is 0 Å². The van der Waals surface area contributed by atoms with Crippen molar-refractivity contribution in [2.45, 2.75) is 17.7 Å². The Morgan fingerprint density at radius 3 is 2.71 bits per heavy atom. The number of hydrogen-bond donors (Lipinski definition) is 0. The normalized spacial score (nSPS) is 18.8. The van der Waals surface area contributed by atoms with E-state index in [2.05, 4.69) is 4.74 Å². The van der Waals surface area contributed by atoms with Crippen molar-refractivity contribution >= 4 is 25.7 Å². The molecule has 1 atom stereocenters. The second kappa shape index (κ2) is 4.31. The van der Waals surface area contributed by atoms with Crippen molar-refractivity contribution in [3.8, 4) is 0 Å². The van der Waals surface area contributed by atoms with Gasteiger partial charge in [0.2, 0.25) is 0 Å². The van der Waals surface area contributed by atoms with Crippen LogP contribution in [0.25, 0.3) is 0 Å². The molecule has 1 aromatic rings. The molecule has 0 fully saturated rings. The number of halogens is 1. The molecule has 17 heavy (non-hydrogen) atoms. The van der Waals surface area contributed by atoms with Crippen LogP contribution in [-0.4, -0.2) is 21.5 Å². The molecule has 0 N–H and O–H groups in total. The molecule has 0 spiro atoms. The van der Waals surface area contributed by atoms with E-state index in [0.29, 0.717) is 18.4 Å². The van der Waals surface area contributed by atoms with Gasteiger partial charge in [0.15, 0.2) is 0 Å². The highest BCUT2D eigenvalue weighted by atomic mass is 35.7. The Kier molecular flexibility index (Phi) is 3.14. The Morgan fingerprint density at radius 2 is 2.12 bits per heavy atom. The second-order valence-electron chi connectivity index (χ2n) is 3.96. The van der Waals surface area contributed by atoms with Gasteiger partial charge in [0.1, 0.15) is 0 Å². The van der Waals surface area contributed by atoms with Gasteiger partial charge in [-0.2, -0.15) is 0 Å². The third-order valence-electron chi connectivity index (χ3n) is 2.94. The first-order chi connectivity index (χ1) is 7.93. The van der Waals surface area contributed by atoms with E-state index in [4.69, 9.17) is 10.7 Å². The van der Waals surface area contributed by atoms with Crippen molar-refractivity contribution in [2.24, 2.45) is 5.92 Å². The third-order valence-corrected chi connectivity index (χ3v) is 4.35. The van der Waals surface area contributed by atoms with Crippen LogP contribution >= 0.6 is 10.7 Å². The summed E-state index contributed by atoms with van der Waals surface area (Å²) in [5.41, 5.74) is 1.49. The average molecular weight is 275 g/mol. The van der Waals surface area contributed by atoms with Gasteiger partial charge in [0, 0.05) is 10.7 Å². The summed E-state index contributed by atoms with van der Waals surface area (Å²) in [5, 5.41) is 0. The zero-order chi connectivity index (χ0) is 12.6. The first-order valence-corrected chi connectivity index (χ1v) is 7.37. The van der Waals surface area contributed by atoms with Gasteiger partial charge in [-0.3, -0.25) is 4.79 Å². The lowest BCUT2D eigenvalue weighted by Crippen LogP contribution is -2.16. The maximum Gasteiger partial charge on any atom is 0.309 e. The van der Waals surface area contributed by atoms with Crippen LogP contribution < -0.4 is 0 Å². The SMILES string of the molecule is COC(=O)[C@H]1Cc2cccc(S(=O)(=O)Cl)c2C1. The number of rotatable bonds is 2. The Balaban J connectivity index is 2.43. The summed E-state index contributed by atoms with van der Waals surface area (Å²) in [6, 6.07) is 4.90. The van der Waals surface area contributed by atoms with Crippen LogP contribution in [0, 0.1) is 5.92 Å². The molecule has 0 heterocycles. The molecule has 0 aliphatic heterocycles. The molecule has 92 valence electrons. The van der Waals surface area contributed by atoms with E-state index in [1.165, 1.54) is 13.2 Å². The highest BCUT2D eigenvalue weighted by molar-refractivity contribution is 8.13. The van der Waals surface area contributed by atoms with Crippen LogP contribution in [0.15, 0.2) is 23.1 Å². The fraction of sp³-hybridized carbons (Fsp3) is 0.364. The minimum absolute atomic E-state index is 0.100. The number of ether oxygens (including phenoxy) is 1. The van der Waals surface area contributed by atoms with Gasteiger partial charge in [-0.15, -0.1) is 0 Å². The summed E-state index contributed by atoms with van der Waals surface area (Å²) in [7, 11) is 2.92. The van der Waals surface area contributed by atoms with E-state index < -0.39 is 9.05 Å². The predicted octanol–water partition coefficient (Wildman–Crippen LogP) is 1.50. The fourth-order valence-corrected chi connectivity index (χ4v) is 3.36. The highest BCUT2D eigenvalue weighted by Crippen LogP contribution is 2.33. The van der Waals surface area contributed by atoms with E-state index in [1.807, 2.05) is 6.07 Å². The molecule has 0 saturated heterocycles. The van der Waals surface area contributed by atoms with E-state index in [1.54, 1.807) is 6.07 Å². The molecule has 1 aromatic carbocycles. The lowest BCUT2D eigenvalue weighted by Gasteiger charge is -2.05. The molecule has 6 heteroatoms. The molecule has 0 unspecified atom stereocenters. The maximum atomic E-state index is 11.4. The molecular formula is C11H11ClO4S. The molecular weight excluding hydrogens is 264 g/mol.